The van der Waals surface area contributed by atoms with E-state index in [1.54, 1.807) is 0 Å². The molecule has 2 amide bonds. The molecule has 1 aromatic carbocycles. The van der Waals surface area contributed by atoms with E-state index in [1.807, 2.05) is 0 Å². The Bertz CT molecular complexity index is 525. The normalized spacial score (nSPS) is 19.3. The Morgan fingerprint density at radius 1 is 1.30 bits per heavy atom. The monoisotopic (exact) mass is 287 g/mol. The Hall–Kier alpha value is -2.05. The molecular formula is C13H12F3NO3. The minimum atomic E-state index is -4.74. The lowest BCUT2D eigenvalue weighted by atomic mass is 10.0. The summed E-state index contributed by atoms with van der Waals surface area (Å²) in [4.78, 5) is 24.2. The van der Waals surface area contributed by atoms with E-state index in [0.29, 0.717) is 12.0 Å². The number of halogens is 3. The van der Waals surface area contributed by atoms with Gasteiger partial charge in [-0.2, -0.15) is 0 Å². The molecule has 0 aromatic heterocycles. The highest BCUT2D eigenvalue weighted by Crippen LogP contribution is 2.34. The van der Waals surface area contributed by atoms with Gasteiger partial charge < -0.3 is 4.74 Å². The minimum absolute atomic E-state index is 0.255. The van der Waals surface area contributed by atoms with E-state index in [2.05, 4.69) is 4.74 Å². The topological polar surface area (TPSA) is 46.6 Å². The van der Waals surface area contributed by atoms with Crippen LogP contribution in [0.5, 0.6) is 5.75 Å². The fourth-order valence-corrected chi connectivity index (χ4v) is 2.29. The van der Waals surface area contributed by atoms with Crippen LogP contribution in [-0.2, 0) is 9.59 Å². The van der Waals surface area contributed by atoms with Crippen LogP contribution < -0.4 is 4.74 Å². The molecule has 4 nitrogen and oxygen atoms in total. The van der Waals surface area contributed by atoms with Gasteiger partial charge in [-0.25, -0.2) is 0 Å². The van der Waals surface area contributed by atoms with Gasteiger partial charge in [-0.05, 0) is 24.1 Å². The summed E-state index contributed by atoms with van der Waals surface area (Å²) in [6.45, 7) is 1.29. The van der Waals surface area contributed by atoms with E-state index in [0.717, 1.165) is 4.90 Å². The van der Waals surface area contributed by atoms with Crippen LogP contribution in [0.4, 0.5) is 13.2 Å². The highest BCUT2D eigenvalue weighted by Gasteiger charge is 2.35. The molecule has 0 saturated carbocycles. The summed E-state index contributed by atoms with van der Waals surface area (Å²) in [5.74, 6) is -0.966. The Kier molecular flexibility index (Phi) is 3.69. The van der Waals surface area contributed by atoms with E-state index in [-0.39, 0.29) is 24.0 Å². The molecule has 0 aliphatic carbocycles. The van der Waals surface area contributed by atoms with Crippen LogP contribution in [0.2, 0.25) is 0 Å². The maximum Gasteiger partial charge on any atom is 0.573 e. The van der Waals surface area contributed by atoms with Crippen molar-refractivity contribution >= 4 is 11.8 Å². The zero-order chi connectivity index (χ0) is 14.9. The van der Waals surface area contributed by atoms with Gasteiger partial charge in [0, 0.05) is 13.3 Å². The molecule has 1 saturated heterocycles. The standard InChI is InChI=1S/C13H12F3NO3/c1-8(18)17-11(6-7-12(17)19)9-2-4-10(5-3-9)20-13(14,15)16/h2-5,11H,6-7H2,1H3. The molecular weight excluding hydrogens is 275 g/mol. The molecule has 1 heterocycles. The summed E-state index contributed by atoms with van der Waals surface area (Å²) in [5, 5.41) is 0. The number of benzene rings is 1. The SMILES string of the molecule is CC(=O)N1C(=O)CCC1c1ccc(OC(F)(F)F)cc1. The molecule has 1 aromatic rings. The first kappa shape index (κ1) is 14.4. The maximum atomic E-state index is 12.0. The first-order valence-corrected chi connectivity index (χ1v) is 5.96. The van der Waals surface area contributed by atoms with Gasteiger partial charge in [0.2, 0.25) is 11.8 Å². The van der Waals surface area contributed by atoms with Crippen molar-refractivity contribution in [3.63, 3.8) is 0 Å². The van der Waals surface area contributed by atoms with Crippen molar-refractivity contribution in [2.24, 2.45) is 0 Å². The van der Waals surface area contributed by atoms with Crippen molar-refractivity contribution in [1.29, 1.82) is 0 Å². The number of hydrogen-bond acceptors (Lipinski definition) is 3. The van der Waals surface area contributed by atoms with Crippen molar-refractivity contribution in [3.8, 4) is 5.75 Å². The molecule has 1 atom stereocenters. The van der Waals surface area contributed by atoms with Crippen LogP contribution in [0.1, 0.15) is 31.4 Å². The second-order valence-corrected chi connectivity index (χ2v) is 4.45. The van der Waals surface area contributed by atoms with Crippen LogP contribution in [-0.4, -0.2) is 23.1 Å². The number of nitrogens with zero attached hydrogens (tertiary/aromatic N) is 1. The van der Waals surface area contributed by atoms with Crippen LogP contribution in [0.15, 0.2) is 24.3 Å². The molecule has 0 bridgehead atoms. The zero-order valence-corrected chi connectivity index (χ0v) is 10.6. The second-order valence-electron chi connectivity index (χ2n) is 4.45. The Labute approximate surface area is 113 Å². The highest BCUT2D eigenvalue weighted by molar-refractivity contribution is 5.96. The first-order valence-electron chi connectivity index (χ1n) is 5.96. The van der Waals surface area contributed by atoms with E-state index in [1.165, 1.54) is 31.2 Å². The van der Waals surface area contributed by atoms with Crippen LogP contribution in [0.3, 0.4) is 0 Å². The molecule has 20 heavy (non-hydrogen) atoms. The molecule has 0 spiro atoms. The average molecular weight is 287 g/mol. The Morgan fingerprint density at radius 3 is 2.40 bits per heavy atom. The van der Waals surface area contributed by atoms with Gasteiger partial charge in [0.05, 0.1) is 6.04 Å². The molecule has 2 rings (SSSR count). The number of carbonyl (C=O) groups is 2. The zero-order valence-electron chi connectivity index (χ0n) is 10.6. The van der Waals surface area contributed by atoms with E-state index < -0.39 is 12.4 Å². The molecule has 1 fully saturated rings. The number of carbonyl (C=O) groups excluding carboxylic acids is 2. The quantitative estimate of drug-likeness (QED) is 0.840. The van der Waals surface area contributed by atoms with Crippen molar-refractivity contribution in [2.45, 2.75) is 32.2 Å². The third kappa shape index (κ3) is 3.09. The van der Waals surface area contributed by atoms with Crippen molar-refractivity contribution < 1.29 is 27.5 Å². The van der Waals surface area contributed by atoms with Gasteiger partial charge in [-0.1, -0.05) is 12.1 Å². The number of likely N-dealkylation sites (tertiary alicyclic amines) is 1. The first-order chi connectivity index (χ1) is 9.28. The molecule has 1 aliphatic rings. The fraction of sp³-hybridized carbons (Fsp3) is 0.385. The second kappa shape index (κ2) is 5.15. The van der Waals surface area contributed by atoms with Crippen LogP contribution in [0.25, 0.3) is 0 Å². The predicted octanol–water partition coefficient (Wildman–Crippen LogP) is 2.80. The number of alkyl halides is 3. The lowest BCUT2D eigenvalue weighted by molar-refractivity contribution is -0.274. The van der Waals surface area contributed by atoms with Gasteiger partial charge in [0.25, 0.3) is 0 Å². The van der Waals surface area contributed by atoms with E-state index in [4.69, 9.17) is 0 Å². The molecule has 1 unspecified atom stereocenters. The van der Waals surface area contributed by atoms with E-state index >= 15 is 0 Å². The average Bonchev–Trinajstić information content (AvgIpc) is 2.70. The van der Waals surface area contributed by atoms with Gasteiger partial charge >= 0.3 is 6.36 Å². The van der Waals surface area contributed by atoms with Crippen LogP contribution in [0, 0.1) is 0 Å². The number of amides is 2. The summed E-state index contributed by atoms with van der Waals surface area (Å²) in [7, 11) is 0. The number of rotatable bonds is 2. The van der Waals surface area contributed by atoms with E-state index in [9.17, 15) is 22.8 Å². The molecule has 0 radical (unpaired) electrons. The van der Waals surface area contributed by atoms with Gasteiger partial charge in [-0.15, -0.1) is 13.2 Å². The minimum Gasteiger partial charge on any atom is -0.406 e. The summed E-state index contributed by atoms with van der Waals surface area (Å²) in [5.41, 5.74) is 0.612. The third-order valence-corrected chi connectivity index (χ3v) is 3.05. The number of ether oxygens (including phenoxy) is 1. The summed E-state index contributed by atoms with van der Waals surface area (Å²) < 4.78 is 39.9. The summed E-state index contributed by atoms with van der Waals surface area (Å²) in [6, 6.07) is 4.79. The van der Waals surface area contributed by atoms with Crippen molar-refractivity contribution in [1.82, 2.24) is 4.90 Å². The predicted molar refractivity (Wildman–Crippen MR) is 62.6 cm³/mol. The largest absolute Gasteiger partial charge is 0.573 e. The maximum absolute atomic E-state index is 12.0. The summed E-state index contributed by atoms with van der Waals surface area (Å²) in [6.07, 6.45) is -4.01. The third-order valence-electron chi connectivity index (χ3n) is 3.05. The highest BCUT2D eigenvalue weighted by atomic mass is 19.4. The van der Waals surface area contributed by atoms with Crippen molar-refractivity contribution in [2.75, 3.05) is 0 Å². The lowest BCUT2D eigenvalue weighted by Crippen LogP contribution is -2.32. The fourth-order valence-electron chi connectivity index (χ4n) is 2.29. The Balaban J connectivity index is 2.18. The van der Waals surface area contributed by atoms with Gasteiger partial charge in [-0.3, -0.25) is 14.5 Å². The molecule has 108 valence electrons. The van der Waals surface area contributed by atoms with Crippen molar-refractivity contribution in [3.05, 3.63) is 29.8 Å². The Morgan fingerprint density at radius 2 is 1.90 bits per heavy atom. The molecule has 1 aliphatic heterocycles. The molecule has 7 heteroatoms. The lowest BCUT2D eigenvalue weighted by Gasteiger charge is -2.22. The van der Waals surface area contributed by atoms with Crippen LogP contribution >= 0.6 is 0 Å². The summed E-state index contributed by atoms with van der Waals surface area (Å²) >= 11 is 0. The number of hydrogen-bond donors (Lipinski definition) is 0. The molecule has 0 N–H and O–H groups in total. The van der Waals surface area contributed by atoms with Gasteiger partial charge in [0.1, 0.15) is 5.75 Å². The smallest absolute Gasteiger partial charge is 0.406 e. The van der Waals surface area contributed by atoms with Gasteiger partial charge in [0.15, 0.2) is 0 Å². The number of imide groups is 1.